The molecule has 0 aromatic carbocycles. The van der Waals surface area contributed by atoms with Crippen molar-refractivity contribution in [3.05, 3.63) is 0 Å². The summed E-state index contributed by atoms with van der Waals surface area (Å²) in [6.07, 6.45) is 3.11. The average molecular weight is 188 g/mol. The van der Waals surface area contributed by atoms with Gasteiger partial charge in [-0.1, -0.05) is 20.3 Å². The summed E-state index contributed by atoms with van der Waals surface area (Å²) in [5, 5.41) is 0. The smallest absolute Gasteiger partial charge is 0.158 e. The van der Waals surface area contributed by atoms with E-state index in [-0.39, 0.29) is 11.9 Å². The Labute approximate surface area is 82.6 Å². The number of rotatable bonds is 6. The highest BCUT2D eigenvalue weighted by Gasteiger charge is 2.17. The molecule has 0 heterocycles. The third kappa shape index (κ3) is 8.26. The fourth-order valence-electron chi connectivity index (χ4n) is 1.06. The van der Waals surface area contributed by atoms with Crippen LogP contribution in [0.25, 0.3) is 0 Å². The minimum atomic E-state index is -0.104. The zero-order valence-corrected chi connectivity index (χ0v) is 9.72. The van der Waals surface area contributed by atoms with Crippen LogP contribution in [-0.4, -0.2) is 18.5 Å². The number of hydrogen-bond donors (Lipinski definition) is 0. The Morgan fingerprint density at radius 3 is 2.08 bits per heavy atom. The standard InChI is InChI=1S/C11H24O2/c1-6-8-10(12-9-7-2)13-11(3,4)5/h10H,6-9H2,1-5H3. The SMILES string of the molecule is CCCOC(CCC)OC(C)(C)C. The first-order valence-corrected chi connectivity index (χ1v) is 5.29. The van der Waals surface area contributed by atoms with Gasteiger partial charge in [-0.3, -0.25) is 0 Å². The quantitative estimate of drug-likeness (QED) is 0.595. The van der Waals surface area contributed by atoms with Gasteiger partial charge in [0.05, 0.1) is 5.60 Å². The predicted octanol–water partition coefficient (Wildman–Crippen LogP) is 3.35. The molecule has 1 atom stereocenters. The fourth-order valence-corrected chi connectivity index (χ4v) is 1.06. The summed E-state index contributed by atoms with van der Waals surface area (Å²) in [5.74, 6) is 0. The molecule has 0 aliphatic rings. The van der Waals surface area contributed by atoms with Gasteiger partial charge in [0.15, 0.2) is 6.29 Å². The van der Waals surface area contributed by atoms with Crippen LogP contribution >= 0.6 is 0 Å². The summed E-state index contributed by atoms with van der Waals surface area (Å²) < 4.78 is 11.3. The molecule has 0 rings (SSSR count). The minimum absolute atomic E-state index is 0.0232. The molecule has 0 saturated carbocycles. The van der Waals surface area contributed by atoms with Crippen LogP contribution in [0.1, 0.15) is 53.9 Å². The maximum atomic E-state index is 5.76. The number of ether oxygens (including phenoxy) is 2. The molecule has 2 nitrogen and oxygen atoms in total. The molecule has 1 unspecified atom stereocenters. The zero-order valence-electron chi connectivity index (χ0n) is 9.72. The summed E-state index contributed by atoms with van der Waals surface area (Å²) in [4.78, 5) is 0. The van der Waals surface area contributed by atoms with Crippen LogP contribution < -0.4 is 0 Å². The third-order valence-corrected chi connectivity index (χ3v) is 1.52. The zero-order chi connectivity index (χ0) is 10.3. The van der Waals surface area contributed by atoms with Crippen LogP contribution in [0, 0.1) is 0 Å². The van der Waals surface area contributed by atoms with Crippen molar-refractivity contribution in [2.45, 2.75) is 65.8 Å². The van der Waals surface area contributed by atoms with Crippen molar-refractivity contribution in [2.75, 3.05) is 6.61 Å². The molecule has 13 heavy (non-hydrogen) atoms. The first-order chi connectivity index (χ1) is 5.99. The van der Waals surface area contributed by atoms with Gasteiger partial charge in [-0.2, -0.15) is 0 Å². The van der Waals surface area contributed by atoms with Crippen molar-refractivity contribution in [1.29, 1.82) is 0 Å². The molecule has 0 spiro atoms. The third-order valence-electron chi connectivity index (χ3n) is 1.52. The van der Waals surface area contributed by atoms with Crippen LogP contribution in [0.5, 0.6) is 0 Å². The molecule has 0 saturated heterocycles. The van der Waals surface area contributed by atoms with Crippen molar-refractivity contribution in [3.63, 3.8) is 0 Å². The van der Waals surface area contributed by atoms with E-state index in [4.69, 9.17) is 9.47 Å². The van der Waals surface area contributed by atoms with E-state index in [9.17, 15) is 0 Å². The first kappa shape index (κ1) is 12.9. The van der Waals surface area contributed by atoms with Gasteiger partial charge in [0.25, 0.3) is 0 Å². The summed E-state index contributed by atoms with van der Waals surface area (Å²) in [6.45, 7) is 11.2. The van der Waals surface area contributed by atoms with Crippen molar-refractivity contribution in [1.82, 2.24) is 0 Å². The Morgan fingerprint density at radius 2 is 1.69 bits per heavy atom. The Balaban J connectivity index is 3.79. The Morgan fingerprint density at radius 1 is 1.08 bits per heavy atom. The summed E-state index contributed by atoms with van der Waals surface area (Å²) >= 11 is 0. The van der Waals surface area contributed by atoms with Crippen LogP contribution in [0.15, 0.2) is 0 Å². The van der Waals surface area contributed by atoms with Crippen molar-refractivity contribution in [3.8, 4) is 0 Å². The first-order valence-electron chi connectivity index (χ1n) is 5.29. The normalized spacial score (nSPS) is 14.5. The van der Waals surface area contributed by atoms with Crippen molar-refractivity contribution >= 4 is 0 Å². The molecule has 0 amide bonds. The summed E-state index contributed by atoms with van der Waals surface area (Å²) in [7, 11) is 0. The molecular weight excluding hydrogens is 164 g/mol. The largest absolute Gasteiger partial charge is 0.353 e. The van der Waals surface area contributed by atoms with Crippen LogP contribution in [-0.2, 0) is 9.47 Å². The van der Waals surface area contributed by atoms with Gasteiger partial charge in [-0.25, -0.2) is 0 Å². The molecule has 80 valence electrons. The van der Waals surface area contributed by atoms with Gasteiger partial charge in [0.2, 0.25) is 0 Å². The highest BCUT2D eigenvalue weighted by Crippen LogP contribution is 2.15. The van der Waals surface area contributed by atoms with Gasteiger partial charge >= 0.3 is 0 Å². The Kier molecular flexibility index (Phi) is 6.35. The molecule has 0 aliphatic carbocycles. The highest BCUT2D eigenvalue weighted by atomic mass is 16.7. The van der Waals surface area contributed by atoms with Gasteiger partial charge in [-0.05, 0) is 33.6 Å². The van der Waals surface area contributed by atoms with Crippen LogP contribution in [0.2, 0.25) is 0 Å². The Bertz CT molecular complexity index is 116. The van der Waals surface area contributed by atoms with E-state index in [0.717, 1.165) is 25.9 Å². The lowest BCUT2D eigenvalue weighted by molar-refractivity contribution is -0.197. The second-order valence-corrected chi connectivity index (χ2v) is 4.32. The van der Waals surface area contributed by atoms with E-state index in [1.54, 1.807) is 0 Å². The molecule has 0 fully saturated rings. The highest BCUT2D eigenvalue weighted by molar-refractivity contribution is 4.60. The molecule has 0 aromatic heterocycles. The lowest BCUT2D eigenvalue weighted by Crippen LogP contribution is -2.29. The van der Waals surface area contributed by atoms with E-state index in [2.05, 4.69) is 34.6 Å². The lowest BCUT2D eigenvalue weighted by Gasteiger charge is -2.27. The minimum Gasteiger partial charge on any atom is -0.353 e. The van der Waals surface area contributed by atoms with Gasteiger partial charge in [0.1, 0.15) is 0 Å². The molecule has 0 radical (unpaired) electrons. The maximum absolute atomic E-state index is 5.76. The average Bonchev–Trinajstić information content (AvgIpc) is 1.98. The topological polar surface area (TPSA) is 18.5 Å². The molecule has 0 bridgehead atoms. The Hall–Kier alpha value is -0.0800. The molecule has 0 aliphatic heterocycles. The van der Waals surface area contributed by atoms with E-state index in [0.29, 0.717) is 0 Å². The van der Waals surface area contributed by atoms with Crippen molar-refractivity contribution < 1.29 is 9.47 Å². The number of hydrogen-bond acceptors (Lipinski definition) is 2. The van der Waals surface area contributed by atoms with Gasteiger partial charge in [0, 0.05) is 6.61 Å². The predicted molar refractivity (Wildman–Crippen MR) is 55.8 cm³/mol. The fraction of sp³-hybridized carbons (Fsp3) is 1.00. The molecule has 2 heteroatoms. The monoisotopic (exact) mass is 188 g/mol. The van der Waals surface area contributed by atoms with E-state index in [1.807, 2.05) is 0 Å². The van der Waals surface area contributed by atoms with E-state index < -0.39 is 0 Å². The molecular formula is C11H24O2. The molecule has 0 N–H and O–H groups in total. The van der Waals surface area contributed by atoms with E-state index in [1.165, 1.54) is 0 Å². The van der Waals surface area contributed by atoms with Crippen molar-refractivity contribution in [2.24, 2.45) is 0 Å². The van der Waals surface area contributed by atoms with Crippen LogP contribution in [0.3, 0.4) is 0 Å². The molecule has 0 aromatic rings. The summed E-state index contributed by atoms with van der Waals surface area (Å²) in [6, 6.07) is 0. The maximum Gasteiger partial charge on any atom is 0.158 e. The van der Waals surface area contributed by atoms with Gasteiger partial charge < -0.3 is 9.47 Å². The van der Waals surface area contributed by atoms with Gasteiger partial charge in [-0.15, -0.1) is 0 Å². The lowest BCUT2D eigenvalue weighted by atomic mass is 10.2. The van der Waals surface area contributed by atoms with E-state index >= 15 is 0 Å². The second-order valence-electron chi connectivity index (χ2n) is 4.32. The van der Waals surface area contributed by atoms with Crippen LogP contribution in [0.4, 0.5) is 0 Å². The second kappa shape index (κ2) is 6.39. The summed E-state index contributed by atoms with van der Waals surface area (Å²) in [5.41, 5.74) is -0.104.